The van der Waals surface area contributed by atoms with Crippen molar-refractivity contribution in [1.29, 1.82) is 0 Å². The van der Waals surface area contributed by atoms with Gasteiger partial charge in [-0.1, -0.05) is 23.7 Å². The van der Waals surface area contributed by atoms with Crippen LogP contribution in [0.3, 0.4) is 0 Å². The van der Waals surface area contributed by atoms with Gasteiger partial charge in [0, 0.05) is 22.2 Å². The molecule has 0 saturated carbocycles. The Hall–Kier alpha value is -1.91. The number of hydrogen-bond acceptors (Lipinski definition) is 4. The van der Waals surface area contributed by atoms with Gasteiger partial charge in [0.05, 0.1) is 17.6 Å². The van der Waals surface area contributed by atoms with E-state index in [-0.39, 0.29) is 0 Å². The largest absolute Gasteiger partial charge is 0.330 e. The summed E-state index contributed by atoms with van der Waals surface area (Å²) in [4.78, 5) is 8.59. The maximum Gasteiger partial charge on any atom is 0.187 e. The first kappa shape index (κ1) is 12.1. The normalized spacial score (nSPS) is 10.4. The van der Waals surface area contributed by atoms with Crippen LogP contribution in [0.1, 0.15) is 0 Å². The minimum atomic E-state index is 0.715. The zero-order valence-corrected chi connectivity index (χ0v) is 11.4. The van der Waals surface area contributed by atoms with Gasteiger partial charge in [0.25, 0.3) is 0 Å². The summed E-state index contributed by atoms with van der Waals surface area (Å²) in [5.41, 5.74) is 2.86. The molecular weight excluding hydrogens is 278 g/mol. The summed E-state index contributed by atoms with van der Waals surface area (Å²) < 4.78 is 0. The van der Waals surface area contributed by atoms with E-state index in [4.69, 9.17) is 11.6 Å². The Balaban J connectivity index is 1.84. The van der Waals surface area contributed by atoms with Gasteiger partial charge in [-0.2, -0.15) is 0 Å². The molecule has 2 heterocycles. The fourth-order valence-electron chi connectivity index (χ4n) is 1.67. The van der Waals surface area contributed by atoms with Crippen molar-refractivity contribution in [2.24, 2.45) is 0 Å². The van der Waals surface area contributed by atoms with Crippen LogP contribution in [0.25, 0.3) is 11.3 Å². The molecule has 94 valence electrons. The average molecular weight is 288 g/mol. The molecule has 0 saturated heterocycles. The Bertz CT molecular complexity index is 682. The fourth-order valence-corrected chi connectivity index (χ4v) is 2.60. The van der Waals surface area contributed by atoms with Gasteiger partial charge >= 0.3 is 0 Å². The van der Waals surface area contributed by atoms with Crippen LogP contribution in [0, 0.1) is 0 Å². The molecule has 3 rings (SSSR count). The van der Waals surface area contributed by atoms with E-state index in [1.807, 2.05) is 41.8 Å². The molecule has 2 aromatic heterocycles. The first-order valence-electron chi connectivity index (χ1n) is 5.70. The van der Waals surface area contributed by atoms with Gasteiger partial charge in [-0.15, -0.1) is 11.3 Å². The van der Waals surface area contributed by atoms with Crippen molar-refractivity contribution in [2.45, 2.75) is 0 Å². The highest BCUT2D eigenvalue weighted by Gasteiger charge is 2.05. The Labute approximate surface area is 119 Å². The second-order valence-electron chi connectivity index (χ2n) is 3.91. The summed E-state index contributed by atoms with van der Waals surface area (Å²) in [7, 11) is 0. The summed E-state index contributed by atoms with van der Waals surface area (Å²) in [6, 6.07) is 11.5. The van der Waals surface area contributed by atoms with Crippen LogP contribution in [0.2, 0.25) is 5.02 Å². The number of anilines is 2. The minimum absolute atomic E-state index is 0.715. The molecule has 0 atom stereocenters. The molecular formula is C14H10ClN3S. The predicted molar refractivity (Wildman–Crippen MR) is 80.1 cm³/mol. The third-order valence-electron chi connectivity index (χ3n) is 2.54. The van der Waals surface area contributed by atoms with Gasteiger partial charge in [-0.05, 0) is 24.3 Å². The van der Waals surface area contributed by atoms with Crippen LogP contribution < -0.4 is 5.32 Å². The van der Waals surface area contributed by atoms with E-state index < -0.39 is 0 Å². The lowest BCUT2D eigenvalue weighted by molar-refractivity contribution is 1.31. The van der Waals surface area contributed by atoms with Crippen LogP contribution in [0.5, 0.6) is 0 Å². The lowest BCUT2D eigenvalue weighted by Crippen LogP contribution is -1.89. The molecule has 1 aromatic carbocycles. The van der Waals surface area contributed by atoms with E-state index in [2.05, 4.69) is 15.3 Å². The van der Waals surface area contributed by atoms with E-state index in [1.165, 1.54) is 0 Å². The molecule has 0 aliphatic carbocycles. The Morgan fingerprint density at radius 2 is 2.11 bits per heavy atom. The van der Waals surface area contributed by atoms with E-state index in [9.17, 15) is 0 Å². The standard InChI is InChI=1S/C14H10ClN3S/c15-11-4-1-3-10(7-11)13-9-19-14(18-13)17-12-5-2-6-16-8-12/h1-9H,(H,17,18). The monoisotopic (exact) mass is 287 g/mol. The number of nitrogens with one attached hydrogen (secondary N) is 1. The number of nitrogens with zero attached hydrogens (tertiary/aromatic N) is 2. The first-order valence-corrected chi connectivity index (χ1v) is 6.95. The Morgan fingerprint density at radius 3 is 2.89 bits per heavy atom. The SMILES string of the molecule is Clc1cccc(-c2csc(Nc3cccnc3)n2)c1. The van der Waals surface area contributed by atoms with E-state index in [0.717, 1.165) is 22.1 Å². The van der Waals surface area contributed by atoms with Crippen molar-refractivity contribution < 1.29 is 0 Å². The number of aromatic nitrogens is 2. The van der Waals surface area contributed by atoms with Crippen LogP contribution in [0.15, 0.2) is 54.2 Å². The van der Waals surface area contributed by atoms with Gasteiger partial charge in [0.1, 0.15) is 0 Å². The van der Waals surface area contributed by atoms with Crippen molar-refractivity contribution in [3.05, 3.63) is 59.2 Å². The molecule has 0 unspecified atom stereocenters. The fraction of sp³-hybridized carbons (Fsp3) is 0. The number of thiazole rings is 1. The van der Waals surface area contributed by atoms with Crippen LogP contribution >= 0.6 is 22.9 Å². The summed E-state index contributed by atoms with van der Waals surface area (Å²) in [6.45, 7) is 0. The highest BCUT2D eigenvalue weighted by molar-refractivity contribution is 7.14. The highest BCUT2D eigenvalue weighted by Crippen LogP contribution is 2.28. The molecule has 0 aliphatic rings. The Kier molecular flexibility index (Phi) is 3.44. The third-order valence-corrected chi connectivity index (χ3v) is 3.53. The number of halogens is 1. The molecule has 5 heteroatoms. The van der Waals surface area contributed by atoms with Crippen molar-refractivity contribution in [1.82, 2.24) is 9.97 Å². The smallest absolute Gasteiger partial charge is 0.187 e. The highest BCUT2D eigenvalue weighted by atomic mass is 35.5. The maximum absolute atomic E-state index is 5.98. The zero-order chi connectivity index (χ0) is 13.1. The van der Waals surface area contributed by atoms with E-state index in [0.29, 0.717) is 5.02 Å². The van der Waals surface area contributed by atoms with Crippen LogP contribution in [-0.4, -0.2) is 9.97 Å². The second-order valence-corrected chi connectivity index (χ2v) is 5.21. The lowest BCUT2D eigenvalue weighted by Gasteiger charge is -2.00. The number of benzene rings is 1. The number of hydrogen-bond donors (Lipinski definition) is 1. The molecule has 3 aromatic rings. The third kappa shape index (κ3) is 2.92. The predicted octanol–water partition coefficient (Wildman–Crippen LogP) is 4.60. The topological polar surface area (TPSA) is 37.8 Å². The van der Waals surface area contributed by atoms with Gasteiger partial charge in [-0.3, -0.25) is 4.98 Å². The van der Waals surface area contributed by atoms with Gasteiger partial charge in [0.15, 0.2) is 5.13 Å². The summed E-state index contributed by atoms with van der Waals surface area (Å²) >= 11 is 7.54. The summed E-state index contributed by atoms with van der Waals surface area (Å²) in [6.07, 6.45) is 3.50. The first-order chi connectivity index (χ1) is 9.31. The quantitative estimate of drug-likeness (QED) is 0.765. The second kappa shape index (κ2) is 5.38. The summed E-state index contributed by atoms with van der Waals surface area (Å²) in [5, 5.41) is 6.78. The molecule has 0 spiro atoms. The Morgan fingerprint density at radius 1 is 1.16 bits per heavy atom. The molecule has 0 bridgehead atoms. The number of rotatable bonds is 3. The van der Waals surface area contributed by atoms with Crippen molar-refractivity contribution in [3.63, 3.8) is 0 Å². The lowest BCUT2D eigenvalue weighted by atomic mass is 10.2. The molecule has 3 nitrogen and oxygen atoms in total. The van der Waals surface area contributed by atoms with Crippen molar-refractivity contribution in [2.75, 3.05) is 5.32 Å². The molecule has 0 aliphatic heterocycles. The average Bonchev–Trinajstić information content (AvgIpc) is 2.88. The molecule has 19 heavy (non-hydrogen) atoms. The molecule has 0 fully saturated rings. The molecule has 0 radical (unpaired) electrons. The maximum atomic E-state index is 5.98. The van der Waals surface area contributed by atoms with Crippen LogP contribution in [-0.2, 0) is 0 Å². The summed E-state index contributed by atoms with van der Waals surface area (Å²) in [5.74, 6) is 0. The zero-order valence-electron chi connectivity index (χ0n) is 9.88. The van der Waals surface area contributed by atoms with Crippen LogP contribution in [0.4, 0.5) is 10.8 Å². The minimum Gasteiger partial charge on any atom is -0.330 e. The number of pyridine rings is 1. The van der Waals surface area contributed by atoms with E-state index in [1.54, 1.807) is 23.7 Å². The molecule has 0 amide bonds. The van der Waals surface area contributed by atoms with Crippen molar-refractivity contribution >= 4 is 33.8 Å². The van der Waals surface area contributed by atoms with Gasteiger partial charge in [-0.25, -0.2) is 4.98 Å². The van der Waals surface area contributed by atoms with Gasteiger partial charge < -0.3 is 5.32 Å². The molecule has 1 N–H and O–H groups in total. The van der Waals surface area contributed by atoms with Crippen molar-refractivity contribution in [3.8, 4) is 11.3 Å². The van der Waals surface area contributed by atoms with E-state index >= 15 is 0 Å². The van der Waals surface area contributed by atoms with Gasteiger partial charge in [0.2, 0.25) is 0 Å².